The maximum atomic E-state index is 12.1. The van der Waals surface area contributed by atoms with E-state index in [2.05, 4.69) is 10.4 Å². The summed E-state index contributed by atoms with van der Waals surface area (Å²) < 4.78 is 29.0. The van der Waals surface area contributed by atoms with Crippen molar-refractivity contribution >= 4 is 10.1 Å². The Bertz CT molecular complexity index is 684. The highest BCUT2D eigenvalue weighted by Gasteiger charge is 2.48. The van der Waals surface area contributed by atoms with Crippen LogP contribution in [0.5, 0.6) is 0 Å². The van der Waals surface area contributed by atoms with Crippen molar-refractivity contribution in [3.63, 3.8) is 0 Å². The summed E-state index contributed by atoms with van der Waals surface area (Å²) in [6.07, 6.45) is 6.28. The average Bonchev–Trinajstić information content (AvgIpc) is 2.50. The Morgan fingerprint density at radius 2 is 1.52 bits per heavy atom. The molecule has 4 bridgehead atoms. The first-order valence-electron chi connectivity index (χ1n) is 8.42. The van der Waals surface area contributed by atoms with Crippen molar-refractivity contribution in [1.29, 1.82) is 0 Å². The van der Waals surface area contributed by atoms with E-state index in [4.69, 9.17) is 4.28 Å². The summed E-state index contributed by atoms with van der Waals surface area (Å²) in [7, 11) is -3.86. The molecule has 23 heavy (non-hydrogen) atoms. The van der Waals surface area contributed by atoms with Crippen LogP contribution in [0.4, 0.5) is 0 Å². The summed E-state index contributed by atoms with van der Waals surface area (Å²) in [4.78, 5) is 0.118. The van der Waals surface area contributed by atoms with E-state index in [0.717, 1.165) is 17.4 Å². The minimum Gasteiger partial charge on any atom is -0.245 e. The molecule has 124 valence electrons. The lowest BCUT2D eigenvalue weighted by Crippen LogP contribution is -2.47. The monoisotopic (exact) mass is 334 g/mol. The van der Waals surface area contributed by atoms with Crippen LogP contribution in [0.25, 0.3) is 0 Å². The van der Waals surface area contributed by atoms with E-state index in [-0.39, 0.29) is 10.9 Å². The molecule has 0 aromatic heterocycles. The van der Waals surface area contributed by atoms with E-state index in [1.54, 1.807) is 12.1 Å². The first-order chi connectivity index (χ1) is 11.0. The van der Waals surface area contributed by atoms with Crippen LogP contribution < -0.4 is 0 Å². The molecule has 1 aromatic rings. The number of rotatable bonds is 4. The molecule has 0 saturated heterocycles. The Hall–Kier alpha value is -1.43. The summed E-state index contributed by atoms with van der Waals surface area (Å²) in [5.41, 5.74) is 0.999. The van der Waals surface area contributed by atoms with Gasteiger partial charge in [0.05, 0.1) is 6.04 Å². The molecule has 6 heteroatoms. The number of aryl methyl sites for hydroxylation is 1. The smallest absolute Gasteiger partial charge is 0.245 e. The van der Waals surface area contributed by atoms with Gasteiger partial charge in [-0.3, -0.25) is 0 Å². The van der Waals surface area contributed by atoms with Gasteiger partial charge in [0.15, 0.2) is 0 Å². The fourth-order valence-electron chi connectivity index (χ4n) is 4.95. The Morgan fingerprint density at radius 1 is 0.957 bits per heavy atom. The van der Waals surface area contributed by atoms with E-state index in [9.17, 15) is 8.42 Å². The Morgan fingerprint density at radius 3 is 2.09 bits per heavy atom. The van der Waals surface area contributed by atoms with Gasteiger partial charge in [-0.1, -0.05) is 17.7 Å². The van der Waals surface area contributed by atoms with Crippen molar-refractivity contribution in [3.05, 3.63) is 29.8 Å². The zero-order chi connectivity index (χ0) is 16.0. The van der Waals surface area contributed by atoms with Gasteiger partial charge in [-0.05, 0) is 74.8 Å². The molecule has 4 fully saturated rings. The third-order valence-corrected chi connectivity index (χ3v) is 6.91. The largest absolute Gasteiger partial charge is 0.359 e. The van der Waals surface area contributed by atoms with E-state index in [0.29, 0.717) is 11.8 Å². The quantitative estimate of drug-likeness (QED) is 0.619. The van der Waals surface area contributed by atoms with Crippen LogP contribution in [0.1, 0.15) is 37.7 Å². The molecule has 4 saturated carbocycles. The van der Waals surface area contributed by atoms with Crippen molar-refractivity contribution < 1.29 is 12.7 Å². The van der Waals surface area contributed by atoms with Crippen molar-refractivity contribution in [2.75, 3.05) is 0 Å². The fourth-order valence-corrected chi connectivity index (χ4v) is 5.63. The first-order valence-corrected chi connectivity index (χ1v) is 9.82. The second kappa shape index (κ2) is 5.58. The van der Waals surface area contributed by atoms with Gasteiger partial charge in [0.2, 0.25) is 0 Å². The summed E-state index contributed by atoms with van der Waals surface area (Å²) >= 11 is 0. The standard InChI is InChI=1S/C17H22N2O3S/c1-11-2-4-16(5-3-11)23(20,21)22-19-18-17-14-7-12-6-13(9-14)10-15(17)8-12/h2-5,12-15,17H,6-10H2,1H3. The molecule has 0 spiro atoms. The SMILES string of the molecule is Cc1ccc(S(=O)(=O)ON=NC2C3CC4CC(C3)CC2C4)cc1. The van der Waals surface area contributed by atoms with Crippen LogP contribution in [0.3, 0.4) is 0 Å². The van der Waals surface area contributed by atoms with Gasteiger partial charge in [-0.2, -0.15) is 8.42 Å². The molecule has 4 aliphatic rings. The lowest BCUT2D eigenvalue weighted by atomic mass is 9.54. The molecule has 4 aliphatic carbocycles. The molecule has 0 heterocycles. The molecule has 0 N–H and O–H groups in total. The van der Waals surface area contributed by atoms with Crippen LogP contribution in [0.15, 0.2) is 39.6 Å². The normalized spacial score (nSPS) is 35.8. The molecule has 0 radical (unpaired) electrons. The van der Waals surface area contributed by atoms with Crippen LogP contribution in [0, 0.1) is 30.6 Å². The number of benzene rings is 1. The molecule has 0 aliphatic heterocycles. The molecular weight excluding hydrogens is 312 g/mol. The zero-order valence-corrected chi connectivity index (χ0v) is 14.1. The molecule has 1 aromatic carbocycles. The van der Waals surface area contributed by atoms with Gasteiger partial charge in [0, 0.05) is 5.28 Å². The molecule has 5 rings (SSSR count). The zero-order valence-electron chi connectivity index (χ0n) is 13.3. The molecule has 0 atom stereocenters. The summed E-state index contributed by atoms with van der Waals surface area (Å²) in [5, 5.41) is 7.90. The second-order valence-corrected chi connectivity index (χ2v) is 8.99. The average molecular weight is 334 g/mol. The van der Waals surface area contributed by atoms with E-state index in [1.807, 2.05) is 6.92 Å². The molecular formula is C17H22N2O3S. The molecule has 0 amide bonds. The lowest BCUT2D eigenvalue weighted by molar-refractivity contribution is -0.00412. The minimum absolute atomic E-state index is 0.118. The minimum atomic E-state index is -3.86. The maximum absolute atomic E-state index is 12.1. The van der Waals surface area contributed by atoms with Crippen molar-refractivity contribution in [2.24, 2.45) is 34.1 Å². The summed E-state index contributed by atoms with van der Waals surface area (Å²) in [6, 6.07) is 6.69. The van der Waals surface area contributed by atoms with Crippen molar-refractivity contribution in [2.45, 2.75) is 50.0 Å². The van der Waals surface area contributed by atoms with Gasteiger partial charge in [0.25, 0.3) is 0 Å². The molecule has 0 unspecified atom stereocenters. The predicted octanol–water partition coefficient (Wildman–Crippen LogP) is 3.89. The van der Waals surface area contributed by atoms with Crippen molar-refractivity contribution in [3.8, 4) is 0 Å². The Kier molecular flexibility index (Phi) is 3.67. The van der Waals surface area contributed by atoms with Gasteiger partial charge < -0.3 is 0 Å². The third kappa shape index (κ3) is 2.89. The highest BCUT2D eigenvalue weighted by atomic mass is 32.2. The first kappa shape index (κ1) is 15.1. The Labute approximate surface area is 137 Å². The number of hydrogen-bond acceptors (Lipinski definition) is 5. The Balaban J connectivity index is 1.44. The summed E-state index contributed by atoms with van der Waals surface area (Å²) in [6.45, 7) is 1.91. The molecule has 5 nitrogen and oxygen atoms in total. The van der Waals surface area contributed by atoms with Gasteiger partial charge in [-0.25, -0.2) is 4.28 Å². The van der Waals surface area contributed by atoms with Crippen LogP contribution >= 0.6 is 0 Å². The summed E-state index contributed by atoms with van der Waals surface area (Å²) in [5.74, 6) is 2.86. The fraction of sp³-hybridized carbons (Fsp3) is 0.647. The van der Waals surface area contributed by atoms with E-state index in [1.165, 1.54) is 44.2 Å². The van der Waals surface area contributed by atoms with Crippen LogP contribution in [-0.4, -0.2) is 14.5 Å². The number of hydrogen-bond donors (Lipinski definition) is 0. The van der Waals surface area contributed by atoms with E-state index >= 15 is 0 Å². The van der Waals surface area contributed by atoms with Crippen LogP contribution in [-0.2, 0) is 14.4 Å². The van der Waals surface area contributed by atoms with Crippen LogP contribution in [0.2, 0.25) is 0 Å². The van der Waals surface area contributed by atoms with Gasteiger partial charge in [-0.15, -0.1) is 5.11 Å². The third-order valence-electron chi connectivity index (χ3n) is 5.80. The topological polar surface area (TPSA) is 68.1 Å². The van der Waals surface area contributed by atoms with E-state index < -0.39 is 10.1 Å². The van der Waals surface area contributed by atoms with Gasteiger partial charge >= 0.3 is 10.1 Å². The maximum Gasteiger partial charge on any atom is 0.359 e. The van der Waals surface area contributed by atoms with Crippen molar-refractivity contribution in [1.82, 2.24) is 0 Å². The highest BCUT2D eigenvalue weighted by molar-refractivity contribution is 7.86. The lowest BCUT2D eigenvalue weighted by Gasteiger charge is -2.52. The highest BCUT2D eigenvalue weighted by Crippen LogP contribution is 2.54. The number of nitrogens with zero attached hydrogens (tertiary/aromatic N) is 2. The second-order valence-electron chi connectivity index (χ2n) is 7.46. The van der Waals surface area contributed by atoms with Gasteiger partial charge in [0.1, 0.15) is 4.90 Å². The predicted molar refractivity (Wildman–Crippen MR) is 85.1 cm³/mol.